The normalized spacial score (nSPS) is 12.9. The summed E-state index contributed by atoms with van der Waals surface area (Å²) in [5.74, 6) is 0. The summed E-state index contributed by atoms with van der Waals surface area (Å²) in [5.41, 5.74) is 6.41. The number of allylic oxidation sites excluding steroid dienone is 2. The predicted octanol–water partition coefficient (Wildman–Crippen LogP) is 12.1. The van der Waals surface area contributed by atoms with Crippen LogP contribution >= 0.6 is 69.1 Å². The number of rotatable bonds is 13. The summed E-state index contributed by atoms with van der Waals surface area (Å²) in [6, 6.07) is 13.7. The van der Waals surface area contributed by atoms with Gasteiger partial charge in [0.25, 0.3) is 0 Å². The van der Waals surface area contributed by atoms with Crippen molar-refractivity contribution in [1.29, 1.82) is 0 Å². The fourth-order valence-corrected chi connectivity index (χ4v) is 9.86. The molecule has 278 valence electrons. The summed E-state index contributed by atoms with van der Waals surface area (Å²) < 4.78 is 50.3. The molecule has 0 amide bonds. The lowest BCUT2D eigenvalue weighted by atomic mass is 10.2. The monoisotopic (exact) mass is 859 g/mol. The van der Waals surface area contributed by atoms with Crippen LogP contribution in [0.5, 0.6) is 0 Å². The van der Waals surface area contributed by atoms with E-state index in [4.69, 9.17) is 65.4 Å². The first-order valence-electron chi connectivity index (χ1n) is 16.7. The quantitative estimate of drug-likeness (QED) is 0.0899. The molecule has 1 N–H and O–H groups in total. The second-order valence-electron chi connectivity index (χ2n) is 12.6. The first-order chi connectivity index (χ1) is 26.0. The Labute approximate surface area is 337 Å². The molecule has 0 bridgehead atoms. The summed E-state index contributed by atoms with van der Waals surface area (Å²) in [4.78, 5) is 2.31. The van der Waals surface area contributed by atoms with Crippen molar-refractivity contribution in [2.45, 2.75) is 29.9 Å². The molecule has 6 heterocycles. The lowest BCUT2D eigenvalue weighted by molar-refractivity contribution is 0.327. The molecular formula is C37H29Cl4N5O5S3. The van der Waals surface area contributed by atoms with Crippen molar-refractivity contribution in [3.63, 3.8) is 0 Å². The largest absolute Gasteiger partial charge is 0.451 e. The molecule has 0 saturated heterocycles. The Hall–Kier alpha value is -3.63. The Balaban J connectivity index is 0.895. The van der Waals surface area contributed by atoms with Gasteiger partial charge in [0.05, 0.1) is 26.1 Å². The Kier molecular flexibility index (Phi) is 10.5. The number of hydrogen-bond donors (Lipinski definition) is 1. The Morgan fingerprint density at radius 2 is 1.31 bits per heavy atom. The van der Waals surface area contributed by atoms with Crippen LogP contribution < -0.4 is 0 Å². The third-order valence-electron chi connectivity index (χ3n) is 8.80. The second kappa shape index (κ2) is 15.1. The minimum Gasteiger partial charge on any atom is -0.451 e. The molecule has 0 radical (unpaired) electrons. The molecule has 0 fully saturated rings. The van der Waals surface area contributed by atoms with Gasteiger partial charge >= 0.3 is 10.1 Å². The number of fused-ring (bicyclic) bond motifs is 6. The standard InChI is InChI=1S/C37H29Cl4N5O5S3/c1-44(15-6-2-4-8-25-34-32(36-29(50-34)14-17-52-36)45(42-25)27-12-10-21(38)18-23(27)40)16-7-3-5-9-26-35-33(37-30(51-35)20-31(53-37)54(47,48)49)46(43-26)28-13-11-22(39)19-24(28)41/h4-5,8-14,17-20H,2-3,6-7,15-16H2,1H3,(H,47,48,49)/b8-4+,9-5+. The van der Waals surface area contributed by atoms with Gasteiger partial charge < -0.3 is 13.7 Å². The number of furan rings is 2. The van der Waals surface area contributed by atoms with Gasteiger partial charge in [0.15, 0.2) is 15.4 Å². The average molecular weight is 862 g/mol. The lowest BCUT2D eigenvalue weighted by Crippen LogP contribution is -2.20. The maximum atomic E-state index is 11.8. The zero-order valence-electron chi connectivity index (χ0n) is 28.3. The Bertz CT molecular complexity index is 2860. The van der Waals surface area contributed by atoms with E-state index in [0.29, 0.717) is 52.9 Å². The molecule has 0 aliphatic heterocycles. The number of aromatic nitrogens is 4. The fraction of sp³-hybridized carbons (Fsp3) is 0.189. The summed E-state index contributed by atoms with van der Waals surface area (Å²) in [7, 11) is -2.29. The molecule has 8 aromatic rings. The van der Waals surface area contributed by atoms with Crippen LogP contribution in [0.2, 0.25) is 20.1 Å². The van der Waals surface area contributed by atoms with Gasteiger partial charge in [-0.15, -0.1) is 22.7 Å². The van der Waals surface area contributed by atoms with E-state index in [1.807, 2.05) is 40.4 Å². The lowest BCUT2D eigenvalue weighted by Gasteiger charge is -2.15. The molecule has 0 aliphatic carbocycles. The second-order valence-corrected chi connectivity index (χ2v) is 17.9. The van der Waals surface area contributed by atoms with Gasteiger partial charge in [-0.2, -0.15) is 18.6 Å². The number of benzene rings is 2. The number of hydrogen-bond acceptors (Lipinski definition) is 9. The van der Waals surface area contributed by atoms with Crippen LogP contribution in [0.1, 0.15) is 37.1 Å². The van der Waals surface area contributed by atoms with E-state index in [1.165, 1.54) is 6.07 Å². The summed E-state index contributed by atoms with van der Waals surface area (Å²) in [6.45, 7) is 1.83. The highest BCUT2D eigenvalue weighted by Gasteiger charge is 2.25. The number of nitrogens with zero attached hydrogens (tertiary/aromatic N) is 5. The SMILES string of the molecule is CN(CCC/C=C/c1nn(-c2ccc(Cl)cc2Cl)c2c1oc1ccsc12)CCC/C=C/c1nn(-c2ccc(Cl)cc2Cl)c2c1oc1cc(S(=O)(=O)O)sc12. The minimum atomic E-state index is -4.41. The third-order valence-corrected chi connectivity index (χ3v) is 13.2. The zero-order valence-corrected chi connectivity index (χ0v) is 33.8. The molecule has 0 saturated carbocycles. The van der Waals surface area contributed by atoms with E-state index in [1.54, 1.807) is 46.4 Å². The van der Waals surface area contributed by atoms with Crippen molar-refractivity contribution in [3.8, 4) is 11.4 Å². The summed E-state index contributed by atoms with van der Waals surface area (Å²) >= 11 is 27.9. The van der Waals surface area contributed by atoms with Gasteiger partial charge in [-0.1, -0.05) is 58.6 Å². The summed E-state index contributed by atoms with van der Waals surface area (Å²) in [5, 5.41) is 13.5. The number of unbranched alkanes of at least 4 members (excludes halogenated alkanes) is 2. The highest BCUT2D eigenvalue weighted by Crippen LogP contribution is 2.41. The van der Waals surface area contributed by atoms with Crippen LogP contribution in [0, 0.1) is 0 Å². The van der Waals surface area contributed by atoms with Gasteiger partial charge in [0.1, 0.15) is 38.3 Å². The topological polar surface area (TPSA) is 120 Å². The number of halogens is 4. The highest BCUT2D eigenvalue weighted by molar-refractivity contribution is 7.88. The average Bonchev–Trinajstić information content (AvgIpc) is 3.94. The fourth-order valence-electron chi connectivity index (χ4n) is 6.27. The molecule has 0 aliphatic rings. The third kappa shape index (κ3) is 7.25. The van der Waals surface area contributed by atoms with Gasteiger partial charge in [-0.05, 0) is 106 Å². The van der Waals surface area contributed by atoms with Crippen molar-refractivity contribution >= 4 is 134 Å². The van der Waals surface area contributed by atoms with E-state index in [0.717, 1.165) is 82.9 Å². The van der Waals surface area contributed by atoms with Crippen molar-refractivity contribution in [1.82, 2.24) is 24.5 Å². The molecule has 6 aromatic heterocycles. The van der Waals surface area contributed by atoms with Crippen LogP contribution in [0.3, 0.4) is 0 Å². The molecule has 2 aromatic carbocycles. The van der Waals surface area contributed by atoms with Crippen molar-refractivity contribution in [3.05, 3.63) is 97.5 Å². The number of thiophene rings is 2. The maximum absolute atomic E-state index is 11.8. The van der Waals surface area contributed by atoms with Gasteiger partial charge in [0.2, 0.25) is 0 Å². The van der Waals surface area contributed by atoms with Gasteiger partial charge in [-0.3, -0.25) is 4.55 Å². The van der Waals surface area contributed by atoms with Gasteiger partial charge in [-0.25, -0.2) is 9.36 Å². The van der Waals surface area contributed by atoms with E-state index in [-0.39, 0.29) is 4.21 Å². The van der Waals surface area contributed by atoms with Crippen molar-refractivity contribution in [2.24, 2.45) is 0 Å². The molecule has 8 rings (SSSR count). The molecular weight excluding hydrogens is 832 g/mol. The summed E-state index contributed by atoms with van der Waals surface area (Å²) in [6.07, 6.45) is 11.7. The zero-order chi connectivity index (χ0) is 37.7. The predicted molar refractivity (Wildman–Crippen MR) is 221 cm³/mol. The molecule has 0 unspecified atom stereocenters. The molecule has 17 heteroatoms. The molecule has 10 nitrogen and oxygen atoms in total. The Morgan fingerprint density at radius 1 is 0.778 bits per heavy atom. The van der Waals surface area contributed by atoms with Crippen LogP contribution in [0.4, 0.5) is 0 Å². The van der Waals surface area contributed by atoms with Crippen LogP contribution in [-0.2, 0) is 10.1 Å². The van der Waals surface area contributed by atoms with Crippen LogP contribution in [0.15, 0.2) is 79.1 Å². The van der Waals surface area contributed by atoms with Crippen molar-refractivity contribution < 1.29 is 21.8 Å². The van der Waals surface area contributed by atoms with Crippen LogP contribution in [0.25, 0.3) is 66.3 Å². The van der Waals surface area contributed by atoms with Crippen molar-refractivity contribution in [2.75, 3.05) is 20.1 Å². The van der Waals surface area contributed by atoms with E-state index in [2.05, 4.69) is 18.0 Å². The molecule has 0 atom stereocenters. The van der Waals surface area contributed by atoms with E-state index < -0.39 is 10.1 Å². The first kappa shape index (κ1) is 37.3. The van der Waals surface area contributed by atoms with Crippen LogP contribution in [-0.4, -0.2) is 57.6 Å². The van der Waals surface area contributed by atoms with E-state index >= 15 is 0 Å². The van der Waals surface area contributed by atoms with Gasteiger partial charge in [0, 0.05) is 16.1 Å². The Morgan fingerprint density at radius 3 is 1.85 bits per heavy atom. The maximum Gasteiger partial charge on any atom is 0.304 e. The molecule has 0 spiro atoms. The minimum absolute atomic E-state index is 0.215. The van der Waals surface area contributed by atoms with E-state index in [9.17, 15) is 13.0 Å². The highest BCUT2D eigenvalue weighted by atomic mass is 35.5. The molecule has 54 heavy (non-hydrogen) atoms. The first-order valence-corrected chi connectivity index (χ1v) is 21.3. The smallest absolute Gasteiger partial charge is 0.304 e.